The summed E-state index contributed by atoms with van der Waals surface area (Å²) in [5.41, 5.74) is 4.43. The minimum absolute atomic E-state index is 0.173. The number of aromatic nitrogens is 5. The van der Waals surface area contributed by atoms with Crippen LogP contribution in [0.15, 0.2) is 60.9 Å². The van der Waals surface area contributed by atoms with Crippen LogP contribution in [0.2, 0.25) is 0 Å². The molecule has 1 amide bonds. The summed E-state index contributed by atoms with van der Waals surface area (Å²) in [5.74, 6) is 0.398. The summed E-state index contributed by atoms with van der Waals surface area (Å²) in [6, 6.07) is 16.7. The second kappa shape index (κ2) is 19.7. The Morgan fingerprint density at radius 2 is 1.67 bits per heavy atom. The molecule has 1 aliphatic rings. The van der Waals surface area contributed by atoms with Gasteiger partial charge in [-0.1, -0.05) is 44.2 Å². The van der Waals surface area contributed by atoms with Gasteiger partial charge in [-0.05, 0) is 89.5 Å². The van der Waals surface area contributed by atoms with Crippen LogP contribution in [-0.4, -0.2) is 105 Å². The van der Waals surface area contributed by atoms with Crippen molar-refractivity contribution < 1.29 is 33.3 Å². The fraction of sp³-hybridized carbons (Fsp3) is 0.511. The summed E-state index contributed by atoms with van der Waals surface area (Å²) in [5, 5.41) is 13.7. The predicted octanol–water partition coefficient (Wildman–Crippen LogP) is 8.03. The van der Waals surface area contributed by atoms with Gasteiger partial charge in [-0.2, -0.15) is 19.6 Å². The number of pyridine rings is 1. The van der Waals surface area contributed by atoms with Gasteiger partial charge < -0.3 is 39.2 Å². The fourth-order valence-corrected chi connectivity index (χ4v) is 6.85. The number of ether oxygens (including phenoxy) is 5. The summed E-state index contributed by atoms with van der Waals surface area (Å²) in [4.78, 5) is 40.8. The van der Waals surface area contributed by atoms with Crippen LogP contribution in [0, 0.1) is 0 Å². The van der Waals surface area contributed by atoms with E-state index in [1.165, 1.54) is 0 Å². The van der Waals surface area contributed by atoms with E-state index in [2.05, 4.69) is 59.9 Å². The van der Waals surface area contributed by atoms with Crippen molar-refractivity contribution in [2.24, 2.45) is 0 Å². The first-order valence-electron chi connectivity index (χ1n) is 20.9. The lowest BCUT2D eigenvalue weighted by Gasteiger charge is -2.33. The summed E-state index contributed by atoms with van der Waals surface area (Å²) in [6.07, 6.45) is 4.79. The highest BCUT2D eigenvalue weighted by molar-refractivity contribution is 5.96. The molecule has 1 fully saturated rings. The van der Waals surface area contributed by atoms with Crippen LogP contribution < -0.4 is 15.4 Å². The molecule has 60 heavy (non-hydrogen) atoms. The van der Waals surface area contributed by atoms with E-state index >= 15 is 0 Å². The highest BCUT2D eigenvalue weighted by atomic mass is 16.6. The van der Waals surface area contributed by atoms with E-state index in [1.54, 1.807) is 9.42 Å². The third-order valence-electron chi connectivity index (χ3n) is 9.59. The quantitative estimate of drug-likeness (QED) is 0.0685. The van der Waals surface area contributed by atoms with Crippen LogP contribution in [-0.2, 0) is 30.3 Å². The molecule has 0 unspecified atom stereocenters. The first-order valence-corrected chi connectivity index (χ1v) is 20.9. The molecular weight excluding hydrogens is 765 g/mol. The lowest BCUT2D eigenvalue weighted by molar-refractivity contribution is -0.156. The zero-order valence-electron chi connectivity index (χ0n) is 36.2. The number of hydrogen-bond donors (Lipinski definition) is 2. The molecule has 15 heteroatoms. The molecule has 0 saturated carbocycles. The third kappa shape index (κ3) is 12.3. The highest BCUT2D eigenvalue weighted by Gasteiger charge is 2.30. The number of carbonyl (C=O) groups excluding carboxylic acids is 2. The average Bonchev–Trinajstić information content (AvgIpc) is 3.62. The van der Waals surface area contributed by atoms with E-state index in [9.17, 15) is 9.59 Å². The largest absolute Gasteiger partial charge is 0.460 e. The van der Waals surface area contributed by atoms with Crippen LogP contribution in [0.3, 0.4) is 0 Å². The molecule has 5 aromatic rings. The molecule has 3 aromatic heterocycles. The van der Waals surface area contributed by atoms with Crippen LogP contribution in [0.1, 0.15) is 91.7 Å². The van der Waals surface area contributed by atoms with Gasteiger partial charge in [0.05, 0.1) is 51.3 Å². The second-order valence-electron chi connectivity index (χ2n) is 17.2. The number of rotatable bonds is 17. The van der Waals surface area contributed by atoms with E-state index in [-0.39, 0.29) is 36.5 Å². The van der Waals surface area contributed by atoms with E-state index in [1.807, 2.05) is 72.1 Å². The smallest absolute Gasteiger partial charge is 0.410 e. The van der Waals surface area contributed by atoms with Gasteiger partial charge in [0.2, 0.25) is 5.95 Å². The van der Waals surface area contributed by atoms with Gasteiger partial charge >= 0.3 is 18.1 Å². The minimum Gasteiger partial charge on any atom is -0.460 e. The number of likely N-dealkylation sites (tertiary alicyclic amines) is 1. The standard InChI is InChI=1S/C45H60N8O7/c1-30(2)37-28-49-53-40(37)50-42(58-34-13-11-21-52(29-34)43(55)60-45(6,7)8)51-41(53)48-27-32-12-9-10-14-35(32)39-36-16-15-33(26-31(36)17-19-47-39)46-20-23-57-25-24-56-22-18-38(54)59-44(3,4)5/h9-10,12,14-17,19,26,28,30,34,46H,11,13,18,20-25,27,29H2,1-8H3,(H,48,50,51)/t34-/m1/s1. The SMILES string of the molecule is CC(C)c1cnn2c(NCc3ccccc3-c3nccc4cc(NCCOCCOCCC(=O)OC(C)(C)C)ccc34)nc(O[C@@H]3CCCN(C(=O)OC(C)(C)C)C3)nc12. The molecule has 2 N–H and O–H groups in total. The molecule has 0 aliphatic carbocycles. The van der Waals surface area contributed by atoms with Gasteiger partial charge in [0.15, 0.2) is 5.65 Å². The van der Waals surface area contributed by atoms with Gasteiger partial charge in [-0.3, -0.25) is 9.78 Å². The number of amides is 1. The molecule has 6 rings (SSSR count). The van der Waals surface area contributed by atoms with Crippen molar-refractivity contribution in [2.75, 3.05) is 56.7 Å². The second-order valence-corrected chi connectivity index (χ2v) is 17.2. The monoisotopic (exact) mass is 824 g/mol. The van der Waals surface area contributed by atoms with E-state index in [0.29, 0.717) is 64.2 Å². The summed E-state index contributed by atoms with van der Waals surface area (Å²) in [6.45, 7) is 19.0. The molecule has 322 valence electrons. The zero-order chi connectivity index (χ0) is 42.9. The Bertz CT molecular complexity index is 2230. The van der Waals surface area contributed by atoms with E-state index in [0.717, 1.165) is 51.7 Å². The normalized spacial score (nSPS) is 14.8. The molecule has 0 bridgehead atoms. The number of nitrogens with zero attached hydrogens (tertiary/aromatic N) is 6. The Labute approximate surface area is 352 Å². The maximum Gasteiger partial charge on any atom is 0.410 e. The zero-order valence-corrected chi connectivity index (χ0v) is 36.2. The summed E-state index contributed by atoms with van der Waals surface area (Å²) >= 11 is 0. The number of piperidine rings is 1. The molecule has 1 saturated heterocycles. The fourth-order valence-electron chi connectivity index (χ4n) is 6.85. The molecule has 2 aromatic carbocycles. The lowest BCUT2D eigenvalue weighted by atomic mass is 9.99. The van der Waals surface area contributed by atoms with Crippen LogP contribution in [0.4, 0.5) is 16.4 Å². The van der Waals surface area contributed by atoms with Crippen molar-refractivity contribution >= 4 is 40.1 Å². The maximum atomic E-state index is 12.9. The molecule has 15 nitrogen and oxygen atoms in total. The van der Waals surface area contributed by atoms with Crippen molar-refractivity contribution in [3.8, 4) is 17.3 Å². The molecule has 0 radical (unpaired) electrons. The Hall–Kier alpha value is -5.54. The highest BCUT2D eigenvalue weighted by Crippen LogP contribution is 2.32. The maximum absolute atomic E-state index is 12.9. The van der Waals surface area contributed by atoms with Gasteiger partial charge in [0, 0.05) is 48.0 Å². The Kier molecular flexibility index (Phi) is 14.4. The number of esters is 1. The topological polar surface area (TPSA) is 164 Å². The van der Waals surface area contributed by atoms with Gasteiger partial charge in [0.25, 0.3) is 0 Å². The number of hydrogen-bond acceptors (Lipinski definition) is 13. The van der Waals surface area contributed by atoms with E-state index in [4.69, 9.17) is 38.6 Å². The minimum atomic E-state index is -0.582. The number of fused-ring (bicyclic) bond motifs is 2. The average molecular weight is 825 g/mol. The first-order chi connectivity index (χ1) is 28.6. The van der Waals surface area contributed by atoms with Crippen molar-refractivity contribution in [1.82, 2.24) is 29.5 Å². The van der Waals surface area contributed by atoms with Gasteiger partial charge in [-0.25, -0.2) is 4.79 Å². The Morgan fingerprint density at radius 1 is 0.900 bits per heavy atom. The number of nitrogens with one attached hydrogen (secondary N) is 2. The van der Waals surface area contributed by atoms with Crippen molar-refractivity contribution in [1.29, 1.82) is 0 Å². The predicted molar refractivity (Wildman–Crippen MR) is 231 cm³/mol. The molecular formula is C45H60N8O7. The van der Waals surface area contributed by atoms with E-state index < -0.39 is 11.2 Å². The number of anilines is 2. The van der Waals surface area contributed by atoms with Crippen LogP contribution in [0.25, 0.3) is 27.7 Å². The Balaban J connectivity index is 1.09. The van der Waals surface area contributed by atoms with Crippen LogP contribution >= 0.6 is 0 Å². The van der Waals surface area contributed by atoms with Crippen LogP contribution in [0.5, 0.6) is 6.01 Å². The molecule has 1 aliphatic heterocycles. The lowest BCUT2D eigenvalue weighted by Crippen LogP contribution is -2.46. The van der Waals surface area contributed by atoms with Crippen molar-refractivity contribution in [3.05, 3.63) is 72.1 Å². The molecule has 4 heterocycles. The number of carbonyl (C=O) groups is 2. The Morgan fingerprint density at radius 3 is 2.43 bits per heavy atom. The molecule has 1 atom stereocenters. The van der Waals surface area contributed by atoms with Gasteiger partial charge in [-0.15, -0.1) is 0 Å². The van der Waals surface area contributed by atoms with Gasteiger partial charge in [0.1, 0.15) is 17.3 Å². The number of benzene rings is 2. The summed E-state index contributed by atoms with van der Waals surface area (Å²) in [7, 11) is 0. The molecule has 0 spiro atoms. The third-order valence-corrected chi connectivity index (χ3v) is 9.59. The van der Waals surface area contributed by atoms with Crippen molar-refractivity contribution in [2.45, 2.75) is 104 Å². The first kappa shape index (κ1) is 44.0. The van der Waals surface area contributed by atoms with Crippen molar-refractivity contribution in [3.63, 3.8) is 0 Å². The summed E-state index contributed by atoms with van der Waals surface area (Å²) < 4.78 is 30.3.